The zero-order valence-corrected chi connectivity index (χ0v) is 13.2. The van der Waals surface area contributed by atoms with Crippen molar-refractivity contribution in [3.8, 4) is 0 Å². The maximum absolute atomic E-state index is 13.7. The third-order valence-electron chi connectivity index (χ3n) is 2.76. The molecule has 0 bridgehead atoms. The van der Waals surface area contributed by atoms with Gasteiger partial charge in [0.1, 0.15) is 5.88 Å². The standard InChI is InChI=1S/C15H20ClF2NO2/c1-15(2,3)21-8-7-19(13(20)9-16)10-11-5-4-6-12(17)14(11)18/h4-6H,7-10H2,1-3H3. The predicted molar refractivity (Wildman–Crippen MR) is 78.2 cm³/mol. The van der Waals surface area contributed by atoms with E-state index >= 15 is 0 Å². The predicted octanol–water partition coefficient (Wildman–Crippen LogP) is 3.35. The molecule has 0 saturated carbocycles. The van der Waals surface area contributed by atoms with E-state index in [1.807, 2.05) is 20.8 Å². The van der Waals surface area contributed by atoms with E-state index in [9.17, 15) is 13.6 Å². The van der Waals surface area contributed by atoms with E-state index in [1.165, 1.54) is 17.0 Å². The van der Waals surface area contributed by atoms with Gasteiger partial charge in [-0.05, 0) is 26.8 Å². The van der Waals surface area contributed by atoms with E-state index in [-0.39, 0.29) is 36.0 Å². The molecule has 0 unspecified atom stereocenters. The zero-order valence-electron chi connectivity index (χ0n) is 12.5. The van der Waals surface area contributed by atoms with Crippen LogP contribution in [-0.4, -0.2) is 35.4 Å². The smallest absolute Gasteiger partial charge is 0.237 e. The first kappa shape index (κ1) is 17.9. The van der Waals surface area contributed by atoms with Crippen LogP contribution in [0.5, 0.6) is 0 Å². The molecule has 0 aliphatic carbocycles. The highest BCUT2D eigenvalue weighted by atomic mass is 35.5. The van der Waals surface area contributed by atoms with Gasteiger partial charge in [-0.25, -0.2) is 8.78 Å². The van der Waals surface area contributed by atoms with Crippen molar-refractivity contribution >= 4 is 17.5 Å². The fourth-order valence-electron chi connectivity index (χ4n) is 1.71. The second-order valence-electron chi connectivity index (χ2n) is 5.62. The largest absolute Gasteiger partial charge is 0.374 e. The van der Waals surface area contributed by atoms with Crippen molar-refractivity contribution in [2.24, 2.45) is 0 Å². The Kier molecular flexibility index (Phi) is 6.55. The lowest BCUT2D eigenvalue weighted by atomic mass is 10.2. The van der Waals surface area contributed by atoms with E-state index in [1.54, 1.807) is 0 Å². The van der Waals surface area contributed by atoms with Gasteiger partial charge in [-0.1, -0.05) is 12.1 Å². The molecule has 6 heteroatoms. The summed E-state index contributed by atoms with van der Waals surface area (Å²) < 4.78 is 32.4. The van der Waals surface area contributed by atoms with Gasteiger partial charge in [0.05, 0.1) is 12.2 Å². The van der Waals surface area contributed by atoms with Crippen LogP contribution in [0.15, 0.2) is 18.2 Å². The fraction of sp³-hybridized carbons (Fsp3) is 0.533. The van der Waals surface area contributed by atoms with Crippen molar-refractivity contribution in [2.75, 3.05) is 19.0 Å². The van der Waals surface area contributed by atoms with Crippen molar-refractivity contribution in [1.82, 2.24) is 4.90 Å². The van der Waals surface area contributed by atoms with E-state index in [0.29, 0.717) is 6.61 Å². The number of rotatable bonds is 6. The highest BCUT2D eigenvalue weighted by Crippen LogP contribution is 2.14. The van der Waals surface area contributed by atoms with Gasteiger partial charge in [0.15, 0.2) is 11.6 Å². The first-order chi connectivity index (χ1) is 9.74. The van der Waals surface area contributed by atoms with E-state index in [2.05, 4.69) is 0 Å². The van der Waals surface area contributed by atoms with Crippen molar-refractivity contribution in [2.45, 2.75) is 32.9 Å². The van der Waals surface area contributed by atoms with Gasteiger partial charge in [0, 0.05) is 18.7 Å². The van der Waals surface area contributed by atoms with Crippen molar-refractivity contribution < 1.29 is 18.3 Å². The molecule has 3 nitrogen and oxygen atoms in total. The minimum Gasteiger partial charge on any atom is -0.374 e. The van der Waals surface area contributed by atoms with Crippen LogP contribution in [-0.2, 0) is 16.1 Å². The molecule has 21 heavy (non-hydrogen) atoms. The number of hydrogen-bond acceptors (Lipinski definition) is 2. The Bertz CT molecular complexity index is 489. The Morgan fingerprint density at radius 1 is 1.33 bits per heavy atom. The van der Waals surface area contributed by atoms with Crippen molar-refractivity contribution in [1.29, 1.82) is 0 Å². The summed E-state index contributed by atoms with van der Waals surface area (Å²) in [4.78, 5) is 13.1. The molecule has 118 valence electrons. The van der Waals surface area contributed by atoms with Crippen LogP contribution in [0, 0.1) is 11.6 Å². The number of benzene rings is 1. The summed E-state index contributed by atoms with van der Waals surface area (Å²) in [5, 5.41) is 0. The highest BCUT2D eigenvalue weighted by Gasteiger charge is 2.18. The lowest BCUT2D eigenvalue weighted by Crippen LogP contribution is -2.36. The van der Waals surface area contributed by atoms with Gasteiger partial charge in [-0.15, -0.1) is 11.6 Å². The SMILES string of the molecule is CC(C)(C)OCCN(Cc1cccc(F)c1F)C(=O)CCl. The maximum atomic E-state index is 13.7. The molecule has 0 aromatic heterocycles. The van der Waals surface area contributed by atoms with Crippen LogP contribution in [0.2, 0.25) is 0 Å². The first-order valence-electron chi connectivity index (χ1n) is 6.65. The highest BCUT2D eigenvalue weighted by molar-refractivity contribution is 6.27. The number of alkyl halides is 1. The molecule has 0 radical (unpaired) electrons. The minimum atomic E-state index is -0.943. The maximum Gasteiger partial charge on any atom is 0.237 e. The summed E-state index contributed by atoms with van der Waals surface area (Å²) in [6, 6.07) is 3.88. The third-order valence-corrected chi connectivity index (χ3v) is 2.98. The Balaban J connectivity index is 2.74. The lowest BCUT2D eigenvalue weighted by molar-refractivity contribution is -0.130. The molecule has 0 heterocycles. The number of hydrogen-bond donors (Lipinski definition) is 0. The Morgan fingerprint density at radius 2 is 2.00 bits per heavy atom. The molecule has 1 aromatic rings. The van der Waals surface area contributed by atoms with E-state index in [0.717, 1.165) is 6.07 Å². The number of halogens is 3. The van der Waals surface area contributed by atoms with Crippen LogP contribution in [0.1, 0.15) is 26.3 Å². The molecule has 0 aliphatic heterocycles. The normalized spacial score (nSPS) is 11.5. The number of nitrogens with zero attached hydrogens (tertiary/aromatic N) is 1. The summed E-state index contributed by atoms with van der Waals surface area (Å²) in [6.07, 6.45) is 0. The molecule has 1 amide bonds. The van der Waals surface area contributed by atoms with Gasteiger partial charge >= 0.3 is 0 Å². The Hall–Kier alpha value is -1.20. The average molecular weight is 320 g/mol. The summed E-state index contributed by atoms with van der Waals surface area (Å²) in [6.45, 7) is 6.21. The second kappa shape index (κ2) is 7.71. The molecule has 0 fully saturated rings. The van der Waals surface area contributed by atoms with Crippen molar-refractivity contribution in [3.05, 3.63) is 35.4 Å². The van der Waals surface area contributed by atoms with Gasteiger partial charge in [-0.3, -0.25) is 4.79 Å². The quantitative estimate of drug-likeness (QED) is 0.753. The van der Waals surface area contributed by atoms with Crippen LogP contribution in [0.3, 0.4) is 0 Å². The molecule has 0 aliphatic rings. The molecule has 1 aromatic carbocycles. The molecule has 0 atom stereocenters. The number of carbonyl (C=O) groups is 1. The number of ether oxygens (including phenoxy) is 1. The Labute approximate surface area is 128 Å². The van der Waals surface area contributed by atoms with Crippen molar-refractivity contribution in [3.63, 3.8) is 0 Å². The molecule has 1 rings (SSSR count). The average Bonchev–Trinajstić information content (AvgIpc) is 2.40. The lowest BCUT2D eigenvalue weighted by Gasteiger charge is -2.25. The van der Waals surface area contributed by atoms with Gasteiger partial charge in [-0.2, -0.15) is 0 Å². The fourth-order valence-corrected chi connectivity index (χ4v) is 1.88. The molecule has 0 spiro atoms. The monoisotopic (exact) mass is 319 g/mol. The number of carbonyl (C=O) groups excluding carboxylic acids is 1. The summed E-state index contributed by atoms with van der Waals surface area (Å²) >= 11 is 5.55. The van der Waals surface area contributed by atoms with Crippen LogP contribution >= 0.6 is 11.6 Å². The second-order valence-corrected chi connectivity index (χ2v) is 5.89. The van der Waals surface area contributed by atoms with Gasteiger partial charge in [0.25, 0.3) is 0 Å². The molecule has 0 saturated heterocycles. The minimum absolute atomic E-state index is 0.0390. The van der Waals surface area contributed by atoms with Gasteiger partial charge in [0.2, 0.25) is 5.91 Å². The molecule has 0 N–H and O–H groups in total. The summed E-state index contributed by atoms with van der Waals surface area (Å²) in [5.74, 6) is -2.44. The van der Waals surface area contributed by atoms with Crippen LogP contribution in [0.4, 0.5) is 8.78 Å². The van der Waals surface area contributed by atoms with E-state index in [4.69, 9.17) is 16.3 Å². The summed E-state index contributed by atoms with van der Waals surface area (Å²) in [5.41, 5.74) is -0.219. The first-order valence-corrected chi connectivity index (χ1v) is 7.18. The van der Waals surface area contributed by atoms with Crippen LogP contribution in [0.25, 0.3) is 0 Å². The van der Waals surface area contributed by atoms with Gasteiger partial charge < -0.3 is 9.64 Å². The topological polar surface area (TPSA) is 29.5 Å². The van der Waals surface area contributed by atoms with E-state index < -0.39 is 11.6 Å². The molecular formula is C15H20ClF2NO2. The zero-order chi connectivity index (χ0) is 16.0. The number of amides is 1. The summed E-state index contributed by atoms with van der Waals surface area (Å²) in [7, 11) is 0. The van der Waals surface area contributed by atoms with Crippen LogP contribution < -0.4 is 0 Å². The Morgan fingerprint density at radius 3 is 2.57 bits per heavy atom. The third kappa shape index (κ3) is 5.98. The molecular weight excluding hydrogens is 300 g/mol.